The maximum Gasteiger partial charge on any atom is 0.262 e. The summed E-state index contributed by atoms with van der Waals surface area (Å²) in [5.74, 6) is 0.260. The van der Waals surface area contributed by atoms with Crippen LogP contribution in [0.2, 0.25) is 0 Å². The van der Waals surface area contributed by atoms with Crippen molar-refractivity contribution >= 4 is 22.5 Å². The van der Waals surface area contributed by atoms with Crippen LogP contribution in [0.15, 0.2) is 48.5 Å². The Balaban J connectivity index is 1.66. The lowest BCUT2D eigenvalue weighted by Gasteiger charge is -2.06. The molecule has 0 fully saturated rings. The molecule has 0 spiro atoms. The average Bonchev–Trinajstić information content (AvgIpc) is 2.85. The first-order valence-corrected chi connectivity index (χ1v) is 7.04. The van der Waals surface area contributed by atoms with E-state index in [1.807, 2.05) is 62.5 Å². The van der Waals surface area contributed by atoms with E-state index in [9.17, 15) is 4.79 Å². The number of aryl methyl sites for hydroxylation is 2. The van der Waals surface area contributed by atoms with Crippen molar-refractivity contribution < 1.29 is 9.53 Å². The number of carbonyl (C=O) groups is 1. The lowest BCUT2D eigenvalue weighted by molar-refractivity contribution is -0.118. The third-order valence-corrected chi connectivity index (χ3v) is 3.40. The number of nitrogens with one attached hydrogen (secondary N) is 1. The monoisotopic (exact) mass is 295 g/mol. The van der Waals surface area contributed by atoms with Crippen molar-refractivity contribution in [3.8, 4) is 5.88 Å². The summed E-state index contributed by atoms with van der Waals surface area (Å²) in [7, 11) is 1.85. The van der Waals surface area contributed by atoms with Gasteiger partial charge >= 0.3 is 0 Å². The highest BCUT2D eigenvalue weighted by atomic mass is 16.5. The van der Waals surface area contributed by atoms with Crippen molar-refractivity contribution in [2.75, 3.05) is 11.9 Å². The molecule has 0 saturated heterocycles. The molecule has 1 N–H and O–H groups in total. The SMILES string of the molecule is Cc1ccc(NC(=O)COc2nn(C)c3ccccc23)cc1. The Morgan fingerprint density at radius 3 is 2.68 bits per heavy atom. The molecule has 22 heavy (non-hydrogen) atoms. The Morgan fingerprint density at radius 2 is 1.91 bits per heavy atom. The van der Waals surface area contributed by atoms with Crippen molar-refractivity contribution in [2.45, 2.75) is 6.92 Å². The Kier molecular flexibility index (Phi) is 3.78. The molecule has 0 atom stereocenters. The second-order valence-electron chi connectivity index (χ2n) is 5.15. The number of ether oxygens (including phenoxy) is 1. The van der Waals surface area contributed by atoms with Crippen LogP contribution in [0.4, 0.5) is 5.69 Å². The summed E-state index contributed by atoms with van der Waals surface area (Å²) in [5.41, 5.74) is 2.87. The standard InChI is InChI=1S/C17H17N3O2/c1-12-7-9-13(10-8-12)18-16(21)11-22-17-14-5-3-4-6-15(14)20(2)19-17/h3-10H,11H2,1-2H3,(H,18,21). The summed E-state index contributed by atoms with van der Waals surface area (Å²) in [5, 5.41) is 7.99. The largest absolute Gasteiger partial charge is 0.466 e. The Morgan fingerprint density at radius 1 is 1.18 bits per heavy atom. The molecule has 0 bridgehead atoms. The Bertz CT molecular complexity index is 806. The quantitative estimate of drug-likeness (QED) is 0.805. The van der Waals surface area contributed by atoms with Crippen molar-refractivity contribution in [1.29, 1.82) is 0 Å². The molecule has 1 amide bonds. The second kappa shape index (κ2) is 5.89. The van der Waals surface area contributed by atoms with Crippen LogP contribution in [0.5, 0.6) is 5.88 Å². The molecule has 3 aromatic rings. The summed E-state index contributed by atoms with van der Waals surface area (Å²) in [4.78, 5) is 11.9. The fourth-order valence-corrected chi connectivity index (χ4v) is 2.26. The molecule has 0 aliphatic carbocycles. The highest BCUT2D eigenvalue weighted by Crippen LogP contribution is 2.23. The number of benzene rings is 2. The normalized spacial score (nSPS) is 10.6. The van der Waals surface area contributed by atoms with Crippen LogP contribution in [0.3, 0.4) is 0 Å². The number of carbonyl (C=O) groups excluding carboxylic acids is 1. The highest BCUT2D eigenvalue weighted by Gasteiger charge is 2.11. The van der Waals surface area contributed by atoms with Crippen LogP contribution in [-0.2, 0) is 11.8 Å². The van der Waals surface area contributed by atoms with Crippen molar-refractivity contribution in [3.63, 3.8) is 0 Å². The topological polar surface area (TPSA) is 56.1 Å². The third-order valence-electron chi connectivity index (χ3n) is 3.40. The number of anilines is 1. The molecule has 0 radical (unpaired) electrons. The van der Waals surface area contributed by atoms with E-state index in [1.165, 1.54) is 0 Å². The maximum atomic E-state index is 11.9. The van der Waals surface area contributed by atoms with Crippen LogP contribution in [0.1, 0.15) is 5.56 Å². The fraction of sp³-hybridized carbons (Fsp3) is 0.176. The van der Waals surface area contributed by atoms with Gasteiger partial charge in [0.05, 0.1) is 10.9 Å². The lowest BCUT2D eigenvalue weighted by atomic mass is 10.2. The van der Waals surface area contributed by atoms with Gasteiger partial charge in [0, 0.05) is 12.7 Å². The molecule has 0 saturated carbocycles. The number of amides is 1. The van der Waals surface area contributed by atoms with E-state index in [0.29, 0.717) is 5.88 Å². The molecular formula is C17H17N3O2. The van der Waals surface area contributed by atoms with Gasteiger partial charge in [-0.1, -0.05) is 29.8 Å². The Labute approximate surface area is 128 Å². The highest BCUT2D eigenvalue weighted by molar-refractivity contribution is 5.92. The molecule has 0 unspecified atom stereocenters. The van der Waals surface area contributed by atoms with E-state index < -0.39 is 0 Å². The molecular weight excluding hydrogens is 278 g/mol. The number of para-hydroxylation sites is 1. The molecule has 5 heteroatoms. The zero-order chi connectivity index (χ0) is 15.5. The van der Waals surface area contributed by atoms with Crippen LogP contribution in [0, 0.1) is 6.92 Å². The fourth-order valence-electron chi connectivity index (χ4n) is 2.26. The second-order valence-corrected chi connectivity index (χ2v) is 5.15. The van der Waals surface area contributed by atoms with E-state index in [2.05, 4.69) is 10.4 Å². The molecule has 2 aromatic carbocycles. The number of aromatic nitrogens is 2. The lowest BCUT2D eigenvalue weighted by Crippen LogP contribution is -2.20. The molecule has 0 aliphatic rings. The summed E-state index contributed by atoms with van der Waals surface area (Å²) in [6.45, 7) is 1.93. The minimum Gasteiger partial charge on any atom is -0.466 e. The number of hydrogen-bond donors (Lipinski definition) is 1. The molecule has 1 aromatic heterocycles. The number of hydrogen-bond acceptors (Lipinski definition) is 3. The first-order chi connectivity index (χ1) is 10.6. The summed E-state index contributed by atoms with van der Waals surface area (Å²) >= 11 is 0. The van der Waals surface area contributed by atoms with Gasteiger partial charge in [0.1, 0.15) is 0 Å². The van der Waals surface area contributed by atoms with E-state index in [1.54, 1.807) is 4.68 Å². The van der Waals surface area contributed by atoms with Gasteiger partial charge in [-0.15, -0.1) is 5.10 Å². The predicted molar refractivity (Wildman–Crippen MR) is 86.0 cm³/mol. The van der Waals surface area contributed by atoms with Gasteiger partial charge in [-0.3, -0.25) is 9.48 Å². The first-order valence-electron chi connectivity index (χ1n) is 7.04. The molecule has 0 aliphatic heterocycles. The maximum absolute atomic E-state index is 11.9. The van der Waals surface area contributed by atoms with Gasteiger partial charge in [0.2, 0.25) is 5.88 Å². The Hall–Kier alpha value is -2.82. The van der Waals surface area contributed by atoms with Crippen LogP contribution in [0.25, 0.3) is 10.9 Å². The van der Waals surface area contributed by atoms with Gasteiger partial charge in [-0.05, 0) is 31.2 Å². The average molecular weight is 295 g/mol. The zero-order valence-corrected chi connectivity index (χ0v) is 12.5. The number of rotatable bonds is 4. The van der Waals surface area contributed by atoms with Gasteiger partial charge in [-0.2, -0.15) is 0 Å². The predicted octanol–water partition coefficient (Wildman–Crippen LogP) is 2.90. The summed E-state index contributed by atoms with van der Waals surface area (Å²) < 4.78 is 7.29. The summed E-state index contributed by atoms with van der Waals surface area (Å²) in [6, 6.07) is 15.4. The molecule has 112 valence electrons. The molecule has 1 heterocycles. The van der Waals surface area contributed by atoms with Crippen LogP contribution < -0.4 is 10.1 Å². The van der Waals surface area contributed by atoms with Crippen molar-refractivity contribution in [2.24, 2.45) is 7.05 Å². The van der Waals surface area contributed by atoms with Gasteiger partial charge in [0.25, 0.3) is 5.91 Å². The van der Waals surface area contributed by atoms with Gasteiger partial charge in [-0.25, -0.2) is 0 Å². The van der Waals surface area contributed by atoms with Crippen LogP contribution >= 0.6 is 0 Å². The van der Waals surface area contributed by atoms with E-state index in [-0.39, 0.29) is 12.5 Å². The first kappa shape index (κ1) is 14.1. The smallest absolute Gasteiger partial charge is 0.262 e. The molecule has 3 rings (SSSR count). The summed E-state index contributed by atoms with van der Waals surface area (Å²) in [6.07, 6.45) is 0. The zero-order valence-electron chi connectivity index (χ0n) is 12.5. The molecule has 5 nitrogen and oxygen atoms in total. The van der Waals surface area contributed by atoms with E-state index >= 15 is 0 Å². The van der Waals surface area contributed by atoms with Crippen molar-refractivity contribution in [1.82, 2.24) is 9.78 Å². The van der Waals surface area contributed by atoms with Gasteiger partial charge < -0.3 is 10.1 Å². The van der Waals surface area contributed by atoms with E-state index in [4.69, 9.17) is 4.74 Å². The third kappa shape index (κ3) is 2.93. The number of fused-ring (bicyclic) bond motifs is 1. The van der Waals surface area contributed by atoms with Crippen LogP contribution in [-0.4, -0.2) is 22.3 Å². The minimum absolute atomic E-state index is 0.0745. The van der Waals surface area contributed by atoms with Gasteiger partial charge in [0.15, 0.2) is 6.61 Å². The minimum atomic E-state index is -0.210. The van der Waals surface area contributed by atoms with Crippen molar-refractivity contribution in [3.05, 3.63) is 54.1 Å². The van der Waals surface area contributed by atoms with E-state index in [0.717, 1.165) is 22.2 Å². The number of nitrogens with zero attached hydrogens (tertiary/aromatic N) is 2.